The zero-order valence-electron chi connectivity index (χ0n) is 19.5. The number of aliphatic hydroxyl groups excluding tert-OH is 1. The van der Waals surface area contributed by atoms with Crippen LogP contribution in [0.25, 0.3) is 0 Å². The number of anilines is 2. The number of carbonyl (C=O) groups excluding carboxylic acids is 1. The number of carbonyl (C=O) groups is 1. The predicted molar refractivity (Wildman–Crippen MR) is 135 cm³/mol. The molecule has 1 unspecified atom stereocenters. The Morgan fingerprint density at radius 2 is 2.03 bits per heavy atom. The van der Waals surface area contributed by atoms with E-state index in [1.807, 2.05) is 18.4 Å². The molecule has 0 radical (unpaired) electrons. The van der Waals surface area contributed by atoms with Gasteiger partial charge in [-0.3, -0.25) is 4.72 Å². The van der Waals surface area contributed by atoms with Crippen molar-refractivity contribution in [3.8, 4) is 5.75 Å². The number of ether oxygens (including phenoxy) is 1. The number of hydrogen-bond acceptors (Lipinski definition) is 7. The van der Waals surface area contributed by atoms with E-state index in [2.05, 4.69) is 28.7 Å². The van der Waals surface area contributed by atoms with Crippen LogP contribution >= 0.6 is 23.7 Å². The number of thioether (sulfide) groups is 1. The minimum atomic E-state index is -0.292. The molecule has 1 aliphatic heterocycles. The summed E-state index contributed by atoms with van der Waals surface area (Å²) in [4.78, 5) is 15.8. The molecule has 1 saturated carbocycles. The largest absolute Gasteiger partial charge is 0.491 e. The zero-order chi connectivity index (χ0) is 23.8. The van der Waals surface area contributed by atoms with Crippen LogP contribution in [0.5, 0.6) is 5.75 Å². The van der Waals surface area contributed by atoms with Gasteiger partial charge in [-0.2, -0.15) is 0 Å². The van der Waals surface area contributed by atoms with Gasteiger partial charge >= 0.3 is 0 Å². The van der Waals surface area contributed by atoms with Gasteiger partial charge in [0.15, 0.2) is 0 Å². The molecule has 180 valence electrons. The SMILES string of the molecule is CCCCC1CN(c2ccc(F)cc2)c2cc(SC)c(OCC3(C=O)CC3)cc2SN1.CO. The van der Waals surface area contributed by atoms with E-state index in [0.29, 0.717) is 12.6 Å². The number of fused-ring (bicyclic) bond motifs is 1. The summed E-state index contributed by atoms with van der Waals surface area (Å²) in [6.07, 6.45) is 8.28. The third-order valence-corrected chi connectivity index (χ3v) is 7.73. The number of aldehydes is 1. The summed E-state index contributed by atoms with van der Waals surface area (Å²) in [6, 6.07) is 11.3. The fourth-order valence-electron chi connectivity index (χ4n) is 3.74. The topological polar surface area (TPSA) is 61.8 Å². The summed E-state index contributed by atoms with van der Waals surface area (Å²) < 4.78 is 23.3. The summed E-state index contributed by atoms with van der Waals surface area (Å²) in [7, 11) is 1.00. The number of halogens is 1. The molecule has 0 spiro atoms. The summed E-state index contributed by atoms with van der Waals surface area (Å²) in [6.45, 7) is 3.45. The second kappa shape index (κ2) is 12.1. The van der Waals surface area contributed by atoms with Crippen LogP contribution in [0.15, 0.2) is 46.2 Å². The maximum absolute atomic E-state index is 13.6. The Balaban J connectivity index is 0.00000149. The Morgan fingerprint density at radius 1 is 1.30 bits per heavy atom. The monoisotopic (exact) mass is 492 g/mol. The number of nitrogens with one attached hydrogen (secondary N) is 1. The van der Waals surface area contributed by atoms with Crippen molar-refractivity contribution in [2.75, 3.05) is 31.4 Å². The van der Waals surface area contributed by atoms with Crippen molar-refractivity contribution >= 4 is 41.4 Å². The van der Waals surface area contributed by atoms with Gasteiger partial charge in [-0.15, -0.1) is 11.8 Å². The lowest BCUT2D eigenvalue weighted by atomic mass is 10.1. The third-order valence-electron chi connectivity index (χ3n) is 5.98. The van der Waals surface area contributed by atoms with Crippen molar-refractivity contribution in [3.63, 3.8) is 0 Å². The molecule has 0 aromatic heterocycles. The number of benzene rings is 2. The molecule has 2 aliphatic rings. The Kier molecular flexibility index (Phi) is 9.49. The average molecular weight is 493 g/mol. The van der Waals surface area contributed by atoms with Crippen molar-refractivity contribution in [1.29, 1.82) is 0 Å². The van der Waals surface area contributed by atoms with Gasteiger partial charge in [0.2, 0.25) is 0 Å². The van der Waals surface area contributed by atoms with Crippen LogP contribution < -0.4 is 14.4 Å². The lowest BCUT2D eigenvalue weighted by Crippen LogP contribution is -2.34. The van der Waals surface area contributed by atoms with Crippen LogP contribution in [0, 0.1) is 11.2 Å². The van der Waals surface area contributed by atoms with Crippen molar-refractivity contribution in [2.45, 2.75) is 54.9 Å². The highest BCUT2D eigenvalue weighted by atomic mass is 32.2. The molecular weight excluding hydrogens is 459 g/mol. The zero-order valence-corrected chi connectivity index (χ0v) is 21.1. The van der Waals surface area contributed by atoms with Crippen LogP contribution in [0.3, 0.4) is 0 Å². The second-order valence-electron chi connectivity index (χ2n) is 8.39. The Labute approximate surface area is 204 Å². The van der Waals surface area contributed by atoms with E-state index in [-0.39, 0.29) is 11.2 Å². The van der Waals surface area contributed by atoms with Gasteiger partial charge in [-0.05, 0) is 73.9 Å². The quantitative estimate of drug-likeness (QED) is 0.260. The molecule has 0 saturated heterocycles. The fraction of sp³-hybridized carbons (Fsp3) is 0.480. The Hall–Kier alpha value is -1.74. The van der Waals surface area contributed by atoms with E-state index in [9.17, 15) is 9.18 Å². The standard InChI is InChI=1S/C24H29FN2O2S2.CH4O/c1-3-4-5-18-14-27(19-8-6-17(25)7-9-19)20-12-23(30-2)21(13-22(20)31-26-18)29-16-24(15-28)10-11-24;1-2/h6-9,12-13,15,18,26H,3-5,10-11,14,16H2,1-2H3;2H,1H3. The highest BCUT2D eigenvalue weighted by Gasteiger charge is 2.43. The smallest absolute Gasteiger partial charge is 0.134 e. The molecule has 33 heavy (non-hydrogen) atoms. The maximum Gasteiger partial charge on any atom is 0.134 e. The van der Waals surface area contributed by atoms with Crippen LogP contribution in [-0.2, 0) is 4.79 Å². The molecule has 0 bridgehead atoms. The van der Waals surface area contributed by atoms with E-state index in [4.69, 9.17) is 9.84 Å². The Bertz CT molecular complexity index is 923. The van der Waals surface area contributed by atoms with Crippen LogP contribution in [-0.4, -0.2) is 44.0 Å². The van der Waals surface area contributed by atoms with Gasteiger partial charge in [0, 0.05) is 25.4 Å². The molecule has 1 aliphatic carbocycles. The molecule has 0 amide bonds. The van der Waals surface area contributed by atoms with Crippen LogP contribution in [0.1, 0.15) is 39.0 Å². The van der Waals surface area contributed by atoms with Crippen molar-refractivity contribution < 1.29 is 19.0 Å². The first kappa shape index (κ1) is 25.9. The van der Waals surface area contributed by atoms with E-state index >= 15 is 0 Å². The molecule has 4 rings (SSSR count). The number of nitrogens with zero attached hydrogens (tertiary/aromatic N) is 1. The lowest BCUT2D eigenvalue weighted by Gasteiger charge is -2.28. The first-order valence-electron chi connectivity index (χ1n) is 11.3. The molecule has 1 heterocycles. The molecular formula is C25H33FN2O3S2. The number of rotatable bonds is 9. The van der Waals surface area contributed by atoms with Gasteiger partial charge < -0.3 is 19.5 Å². The van der Waals surface area contributed by atoms with E-state index < -0.39 is 0 Å². The second-order valence-corrected chi connectivity index (χ2v) is 10.1. The van der Waals surface area contributed by atoms with Gasteiger partial charge in [0.1, 0.15) is 24.5 Å². The Morgan fingerprint density at radius 3 is 2.64 bits per heavy atom. The van der Waals surface area contributed by atoms with Gasteiger partial charge in [-0.25, -0.2) is 4.39 Å². The summed E-state index contributed by atoms with van der Waals surface area (Å²) >= 11 is 3.27. The minimum Gasteiger partial charge on any atom is -0.491 e. The predicted octanol–water partition coefficient (Wildman–Crippen LogP) is 5.82. The molecule has 1 atom stereocenters. The summed E-state index contributed by atoms with van der Waals surface area (Å²) in [5, 5.41) is 7.00. The average Bonchev–Trinajstić information content (AvgIpc) is 3.66. The van der Waals surface area contributed by atoms with E-state index in [1.54, 1.807) is 23.7 Å². The number of unbranched alkanes of at least 4 members (excludes halogenated alkanes) is 1. The van der Waals surface area contributed by atoms with Crippen LogP contribution in [0.2, 0.25) is 0 Å². The van der Waals surface area contributed by atoms with Crippen molar-refractivity contribution in [1.82, 2.24) is 4.72 Å². The highest BCUT2D eigenvalue weighted by molar-refractivity contribution is 7.98. The van der Waals surface area contributed by atoms with Crippen molar-refractivity contribution in [2.24, 2.45) is 5.41 Å². The van der Waals surface area contributed by atoms with E-state index in [0.717, 1.165) is 79.0 Å². The molecule has 5 nitrogen and oxygen atoms in total. The summed E-state index contributed by atoms with van der Waals surface area (Å²) in [5.41, 5.74) is 1.78. The van der Waals surface area contributed by atoms with Crippen molar-refractivity contribution in [3.05, 3.63) is 42.2 Å². The normalized spacial score (nSPS) is 18.5. The number of aliphatic hydroxyl groups is 1. The highest BCUT2D eigenvalue weighted by Crippen LogP contribution is 2.46. The summed E-state index contributed by atoms with van der Waals surface area (Å²) in [5.74, 6) is 0.589. The van der Waals surface area contributed by atoms with E-state index in [1.165, 1.54) is 12.1 Å². The van der Waals surface area contributed by atoms with Gasteiger partial charge in [-0.1, -0.05) is 19.8 Å². The third kappa shape index (κ3) is 6.44. The maximum atomic E-state index is 13.6. The lowest BCUT2D eigenvalue weighted by molar-refractivity contribution is -0.113. The van der Waals surface area contributed by atoms with Crippen LogP contribution in [0.4, 0.5) is 15.8 Å². The molecule has 2 N–H and O–H groups in total. The number of hydrogen-bond donors (Lipinski definition) is 2. The van der Waals surface area contributed by atoms with Gasteiger partial charge in [0.25, 0.3) is 0 Å². The minimum absolute atomic E-state index is 0.230. The molecule has 8 heteroatoms. The molecule has 2 aromatic carbocycles. The fourth-order valence-corrected chi connectivity index (χ4v) is 5.22. The first-order chi connectivity index (χ1) is 16.1. The molecule has 1 fully saturated rings. The first-order valence-corrected chi connectivity index (χ1v) is 13.3. The molecule has 2 aromatic rings. The van der Waals surface area contributed by atoms with Gasteiger partial charge in [0.05, 0.1) is 20.9 Å².